The van der Waals surface area contributed by atoms with Crippen LogP contribution in [0.4, 0.5) is 8.78 Å². The first-order chi connectivity index (χ1) is 12.2. The van der Waals surface area contributed by atoms with Crippen LogP contribution in [0.1, 0.15) is 57.4 Å². The Balaban J connectivity index is 1.82. The van der Waals surface area contributed by atoms with Crippen molar-refractivity contribution in [2.24, 2.45) is 11.8 Å². The molecule has 0 aromatic heterocycles. The molecule has 0 amide bonds. The van der Waals surface area contributed by atoms with Gasteiger partial charge in [-0.05, 0) is 68.4 Å². The predicted molar refractivity (Wildman–Crippen MR) is 99.9 cm³/mol. The Kier molecular flexibility index (Phi) is 8.17. The van der Waals surface area contributed by atoms with Crippen LogP contribution >= 0.6 is 0 Å². The van der Waals surface area contributed by atoms with Crippen LogP contribution in [-0.2, 0) is 6.42 Å². The Hall–Kier alpha value is -1.64. The Morgan fingerprint density at radius 2 is 1.88 bits per heavy atom. The molecule has 2 rings (SSSR count). The van der Waals surface area contributed by atoms with E-state index in [0.29, 0.717) is 30.4 Å². The summed E-state index contributed by atoms with van der Waals surface area (Å²) >= 11 is 0. The summed E-state index contributed by atoms with van der Waals surface area (Å²) < 4.78 is 33.5. The number of halogens is 2. The third-order valence-electron chi connectivity index (χ3n) is 5.08. The number of benzene rings is 1. The topological polar surface area (TPSA) is 9.23 Å². The molecule has 25 heavy (non-hydrogen) atoms. The number of rotatable bonds is 9. The smallest absolute Gasteiger partial charge is 0.200 e. The van der Waals surface area contributed by atoms with Crippen molar-refractivity contribution in [3.8, 4) is 5.75 Å². The van der Waals surface area contributed by atoms with E-state index in [4.69, 9.17) is 4.74 Å². The van der Waals surface area contributed by atoms with Gasteiger partial charge in [0.15, 0.2) is 11.6 Å². The maximum absolute atomic E-state index is 14.1. The molecule has 1 aromatic rings. The van der Waals surface area contributed by atoms with Gasteiger partial charge in [0.2, 0.25) is 5.82 Å². The SMILES string of the molecule is C=CC1CCC(CC=CCc2ccc(OCCCC)c(F)c2F)CC1. The molecule has 1 fully saturated rings. The lowest BCUT2D eigenvalue weighted by atomic mass is 9.80. The zero-order chi connectivity index (χ0) is 18.1. The highest BCUT2D eigenvalue weighted by Gasteiger charge is 2.18. The van der Waals surface area contributed by atoms with Crippen molar-refractivity contribution < 1.29 is 13.5 Å². The molecule has 1 aliphatic carbocycles. The van der Waals surface area contributed by atoms with E-state index in [2.05, 4.69) is 18.7 Å². The van der Waals surface area contributed by atoms with Crippen LogP contribution < -0.4 is 4.74 Å². The minimum Gasteiger partial charge on any atom is -0.490 e. The summed E-state index contributed by atoms with van der Waals surface area (Å²) in [5, 5.41) is 0. The summed E-state index contributed by atoms with van der Waals surface area (Å²) in [6.07, 6.45) is 14.3. The molecular formula is C22H30F2O. The molecule has 0 bridgehead atoms. The van der Waals surface area contributed by atoms with E-state index in [-0.39, 0.29) is 5.75 Å². The zero-order valence-corrected chi connectivity index (χ0v) is 15.3. The molecule has 0 atom stereocenters. The standard InChI is InChI=1S/C22H30F2O/c1-3-5-16-25-20-15-14-19(21(23)22(20)24)9-7-6-8-18-12-10-17(4-2)11-13-18/h4,6-7,14-15,17-18H,2-3,5,8-13,16H2,1H3. The summed E-state index contributed by atoms with van der Waals surface area (Å²) in [5.41, 5.74) is 0.381. The first-order valence-electron chi connectivity index (χ1n) is 9.52. The molecule has 0 radical (unpaired) electrons. The largest absolute Gasteiger partial charge is 0.490 e. The van der Waals surface area contributed by atoms with Crippen molar-refractivity contribution in [2.75, 3.05) is 6.61 Å². The molecule has 0 unspecified atom stereocenters. The van der Waals surface area contributed by atoms with Gasteiger partial charge in [0, 0.05) is 0 Å². The van der Waals surface area contributed by atoms with Crippen LogP contribution in [0.2, 0.25) is 0 Å². The van der Waals surface area contributed by atoms with Crippen molar-refractivity contribution in [3.05, 3.63) is 54.1 Å². The molecule has 138 valence electrons. The second kappa shape index (κ2) is 10.4. The Labute approximate surface area is 150 Å². The molecule has 3 heteroatoms. The van der Waals surface area contributed by atoms with Crippen LogP contribution in [-0.4, -0.2) is 6.61 Å². The number of hydrogen-bond donors (Lipinski definition) is 0. The van der Waals surface area contributed by atoms with Gasteiger partial charge in [0.25, 0.3) is 0 Å². The number of allylic oxidation sites excluding steroid dienone is 3. The summed E-state index contributed by atoms with van der Waals surface area (Å²) in [7, 11) is 0. The Morgan fingerprint density at radius 3 is 2.56 bits per heavy atom. The second-order valence-electron chi connectivity index (χ2n) is 6.98. The van der Waals surface area contributed by atoms with Gasteiger partial charge in [0.05, 0.1) is 6.61 Å². The van der Waals surface area contributed by atoms with Gasteiger partial charge >= 0.3 is 0 Å². The van der Waals surface area contributed by atoms with E-state index in [1.165, 1.54) is 31.7 Å². The van der Waals surface area contributed by atoms with Crippen molar-refractivity contribution >= 4 is 0 Å². The van der Waals surface area contributed by atoms with Gasteiger partial charge in [-0.1, -0.05) is 37.6 Å². The van der Waals surface area contributed by atoms with Crippen LogP contribution in [0.15, 0.2) is 36.9 Å². The minimum atomic E-state index is -0.871. The quantitative estimate of drug-likeness (QED) is 0.360. The first-order valence-corrected chi connectivity index (χ1v) is 9.52. The zero-order valence-electron chi connectivity index (χ0n) is 15.3. The molecule has 0 aliphatic heterocycles. The molecule has 0 spiro atoms. The fourth-order valence-electron chi connectivity index (χ4n) is 3.33. The van der Waals surface area contributed by atoms with Crippen molar-refractivity contribution in [2.45, 2.75) is 58.3 Å². The van der Waals surface area contributed by atoms with E-state index in [9.17, 15) is 8.78 Å². The number of unbranched alkanes of at least 4 members (excludes halogenated alkanes) is 1. The summed E-state index contributed by atoms with van der Waals surface area (Å²) in [6, 6.07) is 3.16. The van der Waals surface area contributed by atoms with Gasteiger partial charge < -0.3 is 4.74 Å². The second-order valence-corrected chi connectivity index (χ2v) is 6.98. The molecule has 1 aromatic carbocycles. The predicted octanol–water partition coefficient (Wildman–Crippen LogP) is 6.62. The molecule has 0 N–H and O–H groups in total. The summed E-state index contributed by atoms with van der Waals surface area (Å²) in [4.78, 5) is 0. The lowest BCUT2D eigenvalue weighted by Gasteiger charge is -2.25. The molecule has 0 saturated heterocycles. The summed E-state index contributed by atoms with van der Waals surface area (Å²) in [5.74, 6) is -0.258. The van der Waals surface area contributed by atoms with Gasteiger partial charge in [-0.2, -0.15) is 4.39 Å². The van der Waals surface area contributed by atoms with Crippen LogP contribution in [0.3, 0.4) is 0 Å². The first kappa shape index (κ1) is 19.7. The highest BCUT2D eigenvalue weighted by molar-refractivity contribution is 5.32. The lowest BCUT2D eigenvalue weighted by molar-refractivity contribution is 0.288. The van der Waals surface area contributed by atoms with Crippen molar-refractivity contribution in [3.63, 3.8) is 0 Å². The molecule has 0 heterocycles. The molecular weight excluding hydrogens is 318 g/mol. The highest BCUT2D eigenvalue weighted by atomic mass is 19.2. The van der Waals surface area contributed by atoms with Gasteiger partial charge in [0.1, 0.15) is 0 Å². The fraction of sp³-hybridized carbons (Fsp3) is 0.545. The summed E-state index contributed by atoms with van der Waals surface area (Å²) in [6.45, 7) is 6.32. The van der Waals surface area contributed by atoms with E-state index < -0.39 is 11.6 Å². The minimum absolute atomic E-state index is 0.0117. The molecule has 1 nitrogen and oxygen atoms in total. The van der Waals surface area contributed by atoms with E-state index in [1.807, 2.05) is 13.0 Å². The maximum atomic E-state index is 14.1. The average Bonchev–Trinajstić information content (AvgIpc) is 2.64. The normalized spacial score (nSPS) is 20.8. The Morgan fingerprint density at radius 1 is 1.12 bits per heavy atom. The van der Waals surface area contributed by atoms with E-state index >= 15 is 0 Å². The van der Waals surface area contributed by atoms with Crippen LogP contribution in [0.25, 0.3) is 0 Å². The monoisotopic (exact) mass is 348 g/mol. The fourth-order valence-corrected chi connectivity index (χ4v) is 3.33. The van der Waals surface area contributed by atoms with E-state index in [0.717, 1.165) is 19.3 Å². The van der Waals surface area contributed by atoms with E-state index in [1.54, 1.807) is 6.07 Å². The van der Waals surface area contributed by atoms with Crippen molar-refractivity contribution in [1.29, 1.82) is 0 Å². The van der Waals surface area contributed by atoms with Gasteiger partial charge in [-0.25, -0.2) is 4.39 Å². The van der Waals surface area contributed by atoms with Crippen LogP contribution in [0.5, 0.6) is 5.75 Å². The maximum Gasteiger partial charge on any atom is 0.200 e. The third-order valence-corrected chi connectivity index (χ3v) is 5.08. The number of hydrogen-bond acceptors (Lipinski definition) is 1. The third kappa shape index (κ3) is 5.98. The molecule has 1 aliphatic rings. The van der Waals surface area contributed by atoms with Gasteiger partial charge in [-0.3, -0.25) is 0 Å². The number of ether oxygens (including phenoxy) is 1. The van der Waals surface area contributed by atoms with Crippen molar-refractivity contribution in [1.82, 2.24) is 0 Å². The van der Waals surface area contributed by atoms with Crippen LogP contribution in [0, 0.1) is 23.5 Å². The lowest BCUT2D eigenvalue weighted by Crippen LogP contribution is -2.12. The Bertz CT molecular complexity index is 572. The van der Waals surface area contributed by atoms with Gasteiger partial charge in [-0.15, -0.1) is 6.58 Å². The highest BCUT2D eigenvalue weighted by Crippen LogP contribution is 2.31. The average molecular weight is 348 g/mol. The molecule has 1 saturated carbocycles.